The predicted molar refractivity (Wildman–Crippen MR) is 153 cm³/mol. The van der Waals surface area contributed by atoms with Crippen molar-refractivity contribution in [2.75, 3.05) is 43.9 Å². The lowest BCUT2D eigenvalue weighted by molar-refractivity contribution is -0.119. The van der Waals surface area contributed by atoms with Gasteiger partial charge in [0.25, 0.3) is 5.91 Å². The van der Waals surface area contributed by atoms with E-state index in [0.29, 0.717) is 68.9 Å². The summed E-state index contributed by atoms with van der Waals surface area (Å²) in [5.41, 5.74) is 2.70. The van der Waals surface area contributed by atoms with Gasteiger partial charge in [0.1, 0.15) is 17.6 Å². The Balaban J connectivity index is 1.19. The van der Waals surface area contributed by atoms with Gasteiger partial charge in [0.2, 0.25) is 15.9 Å². The molecule has 9 nitrogen and oxygen atoms in total. The Hall–Kier alpha value is -3.11. The van der Waals surface area contributed by atoms with Crippen LogP contribution >= 0.6 is 0 Å². The normalized spacial score (nSPS) is 19.4. The van der Waals surface area contributed by atoms with Crippen LogP contribution in [0.1, 0.15) is 61.4 Å². The molecule has 0 aliphatic carbocycles. The molecule has 2 fully saturated rings. The molecular weight excluding hydrogens is 530 g/mol. The minimum atomic E-state index is -3.20. The number of aryl methyl sites for hydroxylation is 1. The molecule has 0 N–H and O–H groups in total. The van der Waals surface area contributed by atoms with E-state index in [1.807, 2.05) is 34.9 Å². The van der Waals surface area contributed by atoms with E-state index in [-0.39, 0.29) is 29.7 Å². The van der Waals surface area contributed by atoms with E-state index in [9.17, 15) is 18.0 Å². The predicted octanol–water partition coefficient (Wildman–Crippen LogP) is 3.86. The van der Waals surface area contributed by atoms with E-state index < -0.39 is 10.0 Å². The fraction of sp³-hybridized carbons (Fsp3) is 0.533. The van der Waals surface area contributed by atoms with E-state index in [1.165, 1.54) is 5.56 Å². The number of hydrogen-bond acceptors (Lipinski definition) is 6. The van der Waals surface area contributed by atoms with Crippen molar-refractivity contribution in [1.82, 2.24) is 9.21 Å². The summed E-state index contributed by atoms with van der Waals surface area (Å²) in [7, 11) is -1.66. The smallest absolute Gasteiger partial charge is 0.257 e. The molecule has 2 aromatic rings. The topological polar surface area (TPSA) is 96.5 Å². The summed E-state index contributed by atoms with van der Waals surface area (Å²) in [5, 5.41) is 0. The van der Waals surface area contributed by atoms with Gasteiger partial charge in [0, 0.05) is 50.4 Å². The fourth-order valence-electron chi connectivity index (χ4n) is 6.08. The Labute approximate surface area is 237 Å². The molecule has 0 atom stereocenters. The summed E-state index contributed by atoms with van der Waals surface area (Å²) in [5.74, 6) is 1.29. The first-order chi connectivity index (χ1) is 19.3. The molecule has 3 aliphatic rings. The highest BCUT2D eigenvalue weighted by Crippen LogP contribution is 2.34. The first kappa shape index (κ1) is 28.4. The quantitative estimate of drug-likeness (QED) is 0.479. The van der Waals surface area contributed by atoms with Crippen molar-refractivity contribution in [3.05, 3.63) is 53.6 Å². The van der Waals surface area contributed by atoms with Crippen LogP contribution in [0.15, 0.2) is 42.5 Å². The van der Waals surface area contributed by atoms with Crippen LogP contribution in [0.2, 0.25) is 0 Å². The van der Waals surface area contributed by atoms with Gasteiger partial charge in [-0.3, -0.25) is 9.59 Å². The number of carbonyl (C=O) groups is 2. The van der Waals surface area contributed by atoms with Crippen molar-refractivity contribution in [1.29, 1.82) is 0 Å². The molecule has 0 radical (unpaired) electrons. The monoisotopic (exact) mass is 569 g/mol. The molecule has 0 saturated carbocycles. The van der Waals surface area contributed by atoms with Gasteiger partial charge >= 0.3 is 0 Å². The Bertz CT molecular complexity index is 1330. The summed E-state index contributed by atoms with van der Waals surface area (Å²) < 4.78 is 38.0. The molecular formula is C30H39N3O6S. The number of rotatable bonds is 8. The zero-order chi connectivity index (χ0) is 28.3. The number of benzene rings is 2. The summed E-state index contributed by atoms with van der Waals surface area (Å²) >= 11 is 0. The van der Waals surface area contributed by atoms with Crippen LogP contribution in [0.25, 0.3) is 0 Å². The van der Waals surface area contributed by atoms with Crippen molar-refractivity contribution >= 4 is 27.5 Å². The molecule has 2 amide bonds. The van der Waals surface area contributed by atoms with Gasteiger partial charge in [-0.2, -0.15) is 0 Å². The second-order valence-corrected chi connectivity index (χ2v) is 12.9. The van der Waals surface area contributed by atoms with Gasteiger partial charge in [-0.05, 0) is 62.3 Å². The second-order valence-electron chi connectivity index (χ2n) is 10.8. The molecule has 0 aromatic heterocycles. The number of piperidine rings is 2. The third kappa shape index (κ3) is 5.98. The first-order valence-corrected chi connectivity index (χ1v) is 15.9. The van der Waals surface area contributed by atoms with Crippen LogP contribution in [0, 0.1) is 0 Å². The van der Waals surface area contributed by atoms with E-state index in [1.54, 1.807) is 29.6 Å². The minimum absolute atomic E-state index is 0.0825. The van der Waals surface area contributed by atoms with Crippen molar-refractivity contribution in [3.8, 4) is 11.5 Å². The number of hydrogen-bond donors (Lipinski definition) is 0. The van der Waals surface area contributed by atoms with Crippen molar-refractivity contribution in [2.45, 2.75) is 64.0 Å². The third-order valence-electron chi connectivity index (χ3n) is 8.21. The van der Waals surface area contributed by atoms with E-state index in [0.717, 1.165) is 24.9 Å². The van der Waals surface area contributed by atoms with Crippen molar-refractivity contribution in [3.63, 3.8) is 0 Å². The third-order valence-corrected chi connectivity index (χ3v) is 10.3. The number of fused-ring (bicyclic) bond motifs is 1. The number of sulfonamides is 1. The molecule has 0 unspecified atom stereocenters. The number of likely N-dealkylation sites (tertiary alicyclic amines) is 1. The Morgan fingerprint density at radius 1 is 0.975 bits per heavy atom. The van der Waals surface area contributed by atoms with Crippen molar-refractivity contribution in [2.24, 2.45) is 0 Å². The van der Waals surface area contributed by atoms with Gasteiger partial charge in [0.05, 0.1) is 18.4 Å². The van der Waals surface area contributed by atoms with Gasteiger partial charge in [-0.15, -0.1) is 0 Å². The molecule has 0 spiro atoms. The molecule has 5 rings (SSSR count). The van der Waals surface area contributed by atoms with Crippen LogP contribution in [0.4, 0.5) is 5.69 Å². The molecule has 40 heavy (non-hydrogen) atoms. The Morgan fingerprint density at radius 3 is 2.40 bits per heavy atom. The Kier molecular flexibility index (Phi) is 8.65. The number of amides is 2. The summed E-state index contributed by atoms with van der Waals surface area (Å²) in [6.07, 6.45) is 4.50. The van der Waals surface area contributed by atoms with Crippen LogP contribution in [0.3, 0.4) is 0 Å². The minimum Gasteiger partial charge on any atom is -0.496 e. The van der Waals surface area contributed by atoms with Gasteiger partial charge in [-0.25, -0.2) is 12.7 Å². The lowest BCUT2D eigenvalue weighted by Gasteiger charge is -2.41. The maximum atomic E-state index is 13.5. The maximum Gasteiger partial charge on any atom is 0.257 e. The Morgan fingerprint density at radius 2 is 1.70 bits per heavy atom. The number of para-hydroxylation sites is 1. The van der Waals surface area contributed by atoms with Crippen molar-refractivity contribution < 1.29 is 27.5 Å². The largest absolute Gasteiger partial charge is 0.496 e. The molecule has 216 valence electrons. The molecule has 2 aromatic carbocycles. The zero-order valence-corrected chi connectivity index (χ0v) is 24.2. The van der Waals surface area contributed by atoms with Gasteiger partial charge in [-0.1, -0.05) is 25.1 Å². The van der Waals surface area contributed by atoms with Crippen LogP contribution < -0.4 is 14.4 Å². The number of ether oxygens (including phenoxy) is 2. The highest BCUT2D eigenvalue weighted by molar-refractivity contribution is 7.89. The fourth-order valence-corrected chi connectivity index (χ4v) is 7.62. The number of nitrogens with zero attached hydrogens (tertiary/aromatic N) is 3. The first-order valence-electron chi connectivity index (χ1n) is 14.3. The molecule has 0 bridgehead atoms. The molecule has 2 saturated heterocycles. The number of methoxy groups -OCH3 is 1. The highest BCUT2D eigenvalue weighted by Gasteiger charge is 2.34. The summed E-state index contributed by atoms with van der Waals surface area (Å²) in [6, 6.07) is 13.5. The lowest BCUT2D eigenvalue weighted by atomic mass is 9.95. The SMILES string of the molecule is CCCS(=O)(=O)N1CCC(Oc2ccc(C(=O)N3CCC(N4C(=O)CCc5ccccc54)CC3)c(OC)c2)CC1. The standard InChI is InChI=1S/C30H39N3O6S/c1-3-20-40(36,37)32-18-14-24(15-19-32)39-25-9-10-26(28(21-25)38-2)30(35)31-16-12-23(13-17-31)33-27-7-5-4-6-22(27)8-11-29(33)34/h4-7,9-10,21,23-24H,3,8,11-20H2,1-2H3. The average molecular weight is 570 g/mol. The van der Waals surface area contributed by atoms with E-state index in [2.05, 4.69) is 6.07 Å². The number of anilines is 1. The molecule has 3 heterocycles. The van der Waals surface area contributed by atoms with E-state index >= 15 is 0 Å². The van der Waals surface area contributed by atoms with Crippen LogP contribution in [-0.2, 0) is 21.2 Å². The highest BCUT2D eigenvalue weighted by atomic mass is 32.2. The zero-order valence-electron chi connectivity index (χ0n) is 23.4. The van der Waals surface area contributed by atoms with Crippen LogP contribution in [-0.4, -0.2) is 80.6 Å². The summed E-state index contributed by atoms with van der Waals surface area (Å²) in [6.45, 7) is 3.90. The summed E-state index contributed by atoms with van der Waals surface area (Å²) in [4.78, 5) is 30.1. The van der Waals surface area contributed by atoms with E-state index in [4.69, 9.17) is 9.47 Å². The average Bonchev–Trinajstić information content (AvgIpc) is 2.97. The number of carbonyl (C=O) groups excluding carboxylic acids is 2. The molecule has 3 aliphatic heterocycles. The second kappa shape index (κ2) is 12.2. The van der Waals surface area contributed by atoms with Crippen LogP contribution in [0.5, 0.6) is 11.5 Å². The van der Waals surface area contributed by atoms with Gasteiger partial charge in [0.15, 0.2) is 0 Å². The van der Waals surface area contributed by atoms with Gasteiger partial charge < -0.3 is 19.3 Å². The molecule has 10 heteroatoms. The lowest BCUT2D eigenvalue weighted by Crippen LogP contribution is -2.50. The maximum absolute atomic E-state index is 13.5.